The van der Waals surface area contributed by atoms with Crippen molar-refractivity contribution in [1.82, 2.24) is 9.74 Å². The van der Waals surface area contributed by atoms with Crippen molar-refractivity contribution in [1.29, 1.82) is 0 Å². The standard InChI is InChI=1S/C8H13ClN2O2/c1-7(2,3)8(4)5(12)10-6(13)11(8)9/h1-4H3,(H,10,12,13). The Bertz CT molecular complexity index is 272. The van der Waals surface area contributed by atoms with Crippen LogP contribution in [0.5, 0.6) is 0 Å². The van der Waals surface area contributed by atoms with Crippen LogP contribution in [0.25, 0.3) is 0 Å². The van der Waals surface area contributed by atoms with Crippen LogP contribution < -0.4 is 5.32 Å². The first-order valence-electron chi connectivity index (χ1n) is 4.02. The third kappa shape index (κ3) is 1.20. The zero-order chi connectivity index (χ0) is 10.4. The van der Waals surface area contributed by atoms with Gasteiger partial charge in [0.15, 0.2) is 0 Å². The van der Waals surface area contributed by atoms with Crippen molar-refractivity contribution in [2.24, 2.45) is 5.41 Å². The summed E-state index contributed by atoms with van der Waals surface area (Å²) in [4.78, 5) is 22.6. The van der Waals surface area contributed by atoms with E-state index >= 15 is 0 Å². The summed E-state index contributed by atoms with van der Waals surface area (Å²) < 4.78 is 0.940. The van der Waals surface area contributed by atoms with Gasteiger partial charge in [0, 0.05) is 11.8 Å². The Balaban J connectivity index is 3.16. The highest BCUT2D eigenvalue weighted by molar-refractivity contribution is 6.28. The smallest absolute Gasteiger partial charge is 0.275 e. The van der Waals surface area contributed by atoms with E-state index in [-0.39, 0.29) is 5.91 Å². The second-order valence-electron chi connectivity index (χ2n) is 4.36. The number of carbonyl (C=O) groups excluding carboxylic acids is 2. The molecule has 1 saturated heterocycles. The third-order valence-electron chi connectivity index (χ3n) is 2.69. The third-order valence-corrected chi connectivity index (χ3v) is 3.19. The molecule has 0 saturated carbocycles. The van der Waals surface area contributed by atoms with Gasteiger partial charge in [0.2, 0.25) is 0 Å². The van der Waals surface area contributed by atoms with E-state index in [4.69, 9.17) is 11.8 Å². The number of nitrogens with one attached hydrogen (secondary N) is 1. The minimum atomic E-state index is -0.981. The van der Waals surface area contributed by atoms with Crippen LogP contribution in [-0.4, -0.2) is 21.9 Å². The van der Waals surface area contributed by atoms with Crippen LogP contribution in [-0.2, 0) is 4.79 Å². The molecule has 1 fully saturated rings. The Labute approximate surface area is 82.3 Å². The molecular formula is C8H13ClN2O2. The van der Waals surface area contributed by atoms with E-state index in [0.29, 0.717) is 0 Å². The highest BCUT2D eigenvalue weighted by Crippen LogP contribution is 2.39. The number of carbonyl (C=O) groups is 2. The molecule has 1 rings (SSSR count). The second kappa shape index (κ2) is 2.61. The second-order valence-corrected chi connectivity index (χ2v) is 4.70. The van der Waals surface area contributed by atoms with E-state index in [1.54, 1.807) is 6.92 Å². The fourth-order valence-electron chi connectivity index (χ4n) is 1.20. The molecule has 0 bridgehead atoms. The topological polar surface area (TPSA) is 49.4 Å². The Kier molecular flexibility index (Phi) is 2.07. The van der Waals surface area contributed by atoms with Crippen molar-refractivity contribution in [3.8, 4) is 0 Å². The molecule has 74 valence electrons. The van der Waals surface area contributed by atoms with Gasteiger partial charge in [-0.05, 0) is 12.3 Å². The van der Waals surface area contributed by atoms with Gasteiger partial charge < -0.3 is 0 Å². The van der Waals surface area contributed by atoms with E-state index in [9.17, 15) is 9.59 Å². The summed E-state index contributed by atoms with van der Waals surface area (Å²) in [7, 11) is 0. The quantitative estimate of drug-likeness (QED) is 0.480. The molecule has 0 aromatic rings. The minimum Gasteiger partial charge on any atom is -0.275 e. The lowest BCUT2D eigenvalue weighted by atomic mass is 9.75. The monoisotopic (exact) mass is 204 g/mol. The zero-order valence-electron chi connectivity index (χ0n) is 8.14. The van der Waals surface area contributed by atoms with E-state index in [0.717, 1.165) is 4.42 Å². The molecule has 1 N–H and O–H groups in total. The number of amides is 3. The summed E-state index contributed by atoms with van der Waals surface area (Å²) in [5, 5.41) is 2.18. The van der Waals surface area contributed by atoms with Crippen LogP contribution in [0.4, 0.5) is 4.79 Å². The molecule has 1 atom stereocenters. The van der Waals surface area contributed by atoms with Gasteiger partial charge in [-0.15, -0.1) is 0 Å². The maximum absolute atomic E-state index is 11.5. The van der Waals surface area contributed by atoms with Gasteiger partial charge in [-0.3, -0.25) is 10.1 Å². The summed E-state index contributed by atoms with van der Waals surface area (Å²) in [6, 6.07) is -0.552. The summed E-state index contributed by atoms with van der Waals surface area (Å²) in [5.41, 5.74) is -1.38. The fourth-order valence-corrected chi connectivity index (χ4v) is 1.57. The molecule has 0 radical (unpaired) electrons. The van der Waals surface area contributed by atoms with Crippen LogP contribution in [0.1, 0.15) is 27.7 Å². The van der Waals surface area contributed by atoms with Crippen LogP contribution in [0.15, 0.2) is 0 Å². The van der Waals surface area contributed by atoms with Crippen molar-refractivity contribution in [2.45, 2.75) is 33.2 Å². The van der Waals surface area contributed by atoms with Crippen LogP contribution in [0.3, 0.4) is 0 Å². The van der Waals surface area contributed by atoms with Crippen molar-refractivity contribution in [2.75, 3.05) is 0 Å². The largest absolute Gasteiger partial charge is 0.339 e. The lowest BCUT2D eigenvalue weighted by molar-refractivity contribution is -0.128. The molecule has 1 aliphatic rings. The minimum absolute atomic E-state index is 0.347. The molecule has 5 heteroatoms. The van der Waals surface area contributed by atoms with Crippen molar-refractivity contribution in [3.63, 3.8) is 0 Å². The number of nitrogens with zero attached hydrogens (tertiary/aromatic N) is 1. The molecule has 3 amide bonds. The summed E-state index contributed by atoms with van der Waals surface area (Å²) in [6.07, 6.45) is 0. The Morgan fingerprint density at radius 1 is 1.38 bits per heavy atom. The van der Waals surface area contributed by atoms with Gasteiger partial charge in [-0.25, -0.2) is 9.21 Å². The van der Waals surface area contributed by atoms with E-state index in [2.05, 4.69) is 5.32 Å². The van der Waals surface area contributed by atoms with E-state index < -0.39 is 17.0 Å². The Morgan fingerprint density at radius 2 is 1.85 bits per heavy atom. The number of hydrogen-bond acceptors (Lipinski definition) is 2. The molecule has 0 aromatic carbocycles. The molecule has 1 heterocycles. The average molecular weight is 205 g/mol. The van der Waals surface area contributed by atoms with Crippen LogP contribution in [0, 0.1) is 5.41 Å². The fraction of sp³-hybridized carbons (Fsp3) is 0.750. The molecule has 1 unspecified atom stereocenters. The molecule has 13 heavy (non-hydrogen) atoms. The van der Waals surface area contributed by atoms with E-state index in [1.807, 2.05) is 20.8 Å². The Morgan fingerprint density at radius 3 is 2.00 bits per heavy atom. The van der Waals surface area contributed by atoms with Crippen LogP contribution >= 0.6 is 11.8 Å². The zero-order valence-corrected chi connectivity index (χ0v) is 8.90. The molecular weight excluding hydrogens is 192 g/mol. The number of rotatable bonds is 0. The normalized spacial score (nSPS) is 29.5. The van der Waals surface area contributed by atoms with Gasteiger partial charge in [0.05, 0.1) is 0 Å². The lowest BCUT2D eigenvalue weighted by Crippen LogP contribution is -2.52. The highest BCUT2D eigenvalue weighted by atomic mass is 35.5. The van der Waals surface area contributed by atoms with Crippen molar-refractivity contribution >= 4 is 23.7 Å². The lowest BCUT2D eigenvalue weighted by Gasteiger charge is -2.38. The number of halogens is 1. The molecule has 1 aliphatic heterocycles. The number of imide groups is 1. The highest BCUT2D eigenvalue weighted by Gasteiger charge is 2.56. The van der Waals surface area contributed by atoms with Gasteiger partial charge in [0.1, 0.15) is 5.54 Å². The van der Waals surface area contributed by atoms with Gasteiger partial charge in [-0.2, -0.15) is 0 Å². The summed E-state index contributed by atoms with van der Waals surface area (Å²) in [5.74, 6) is -0.347. The van der Waals surface area contributed by atoms with Crippen molar-refractivity contribution in [3.05, 3.63) is 0 Å². The van der Waals surface area contributed by atoms with Crippen molar-refractivity contribution < 1.29 is 9.59 Å². The van der Waals surface area contributed by atoms with Gasteiger partial charge in [0.25, 0.3) is 5.91 Å². The SMILES string of the molecule is CC(C)(C)C1(C)C(=O)NC(=O)N1Cl. The maximum Gasteiger partial charge on any atom is 0.339 e. The predicted molar refractivity (Wildman–Crippen MR) is 49.1 cm³/mol. The average Bonchev–Trinajstić information content (AvgIpc) is 2.14. The first-order valence-corrected chi connectivity index (χ1v) is 4.36. The van der Waals surface area contributed by atoms with Crippen LogP contribution in [0.2, 0.25) is 0 Å². The number of hydrogen-bond donors (Lipinski definition) is 1. The number of urea groups is 1. The molecule has 4 nitrogen and oxygen atoms in total. The predicted octanol–water partition coefficient (Wildman–Crippen LogP) is 1.50. The molecule has 0 spiro atoms. The molecule has 0 aliphatic carbocycles. The van der Waals surface area contributed by atoms with E-state index in [1.165, 1.54) is 0 Å². The maximum atomic E-state index is 11.5. The van der Waals surface area contributed by atoms with Gasteiger partial charge in [-0.1, -0.05) is 20.8 Å². The Hall–Kier alpha value is -0.770. The summed E-state index contributed by atoms with van der Waals surface area (Å²) >= 11 is 5.75. The first kappa shape index (κ1) is 10.3. The first-order chi connectivity index (χ1) is 5.71. The summed E-state index contributed by atoms with van der Waals surface area (Å²) in [6.45, 7) is 7.24. The van der Waals surface area contributed by atoms with Gasteiger partial charge >= 0.3 is 6.03 Å². The molecule has 0 aromatic heterocycles.